The number of rotatable bonds is 3. The Morgan fingerprint density at radius 2 is 1.79 bits per heavy atom. The summed E-state index contributed by atoms with van der Waals surface area (Å²) >= 11 is 3.08. The molecule has 0 radical (unpaired) electrons. The van der Waals surface area contributed by atoms with Crippen molar-refractivity contribution in [2.75, 3.05) is 0 Å². The number of hydrogen-bond donors (Lipinski definition) is 1. The lowest BCUT2D eigenvalue weighted by atomic mass is 9.88. The van der Waals surface area contributed by atoms with Crippen molar-refractivity contribution in [3.63, 3.8) is 0 Å². The number of halogens is 3. The summed E-state index contributed by atoms with van der Waals surface area (Å²) in [5.41, 5.74) is -0.979. The van der Waals surface area contributed by atoms with Gasteiger partial charge < -0.3 is 5.11 Å². The first-order chi connectivity index (χ1) is 8.92. The first-order valence-electron chi connectivity index (χ1n) is 5.82. The summed E-state index contributed by atoms with van der Waals surface area (Å²) in [5.74, 6) is -0.929. The summed E-state index contributed by atoms with van der Waals surface area (Å²) in [5, 5.41) is 10.4. The lowest BCUT2D eigenvalue weighted by Crippen LogP contribution is -2.26. The van der Waals surface area contributed by atoms with Gasteiger partial charge in [-0.15, -0.1) is 0 Å². The van der Waals surface area contributed by atoms with E-state index in [9.17, 15) is 13.9 Å². The Bertz CT molecular complexity index is 596. The van der Waals surface area contributed by atoms with Crippen molar-refractivity contribution in [3.05, 3.63) is 69.7 Å². The zero-order valence-corrected chi connectivity index (χ0v) is 11.9. The van der Waals surface area contributed by atoms with Crippen molar-refractivity contribution in [1.29, 1.82) is 0 Å². The van der Waals surface area contributed by atoms with E-state index in [-0.39, 0.29) is 16.5 Å². The quantitative estimate of drug-likeness (QED) is 0.897. The van der Waals surface area contributed by atoms with Gasteiger partial charge in [0.15, 0.2) is 0 Å². The highest BCUT2D eigenvalue weighted by Gasteiger charge is 2.28. The molecule has 1 N–H and O–H groups in total. The topological polar surface area (TPSA) is 20.2 Å². The van der Waals surface area contributed by atoms with Crippen LogP contribution in [0.25, 0.3) is 0 Å². The normalized spacial score (nSPS) is 14.2. The monoisotopic (exact) mass is 326 g/mol. The van der Waals surface area contributed by atoms with Gasteiger partial charge in [-0.2, -0.15) is 0 Å². The highest BCUT2D eigenvalue weighted by molar-refractivity contribution is 9.10. The van der Waals surface area contributed by atoms with Gasteiger partial charge in [-0.05, 0) is 40.5 Å². The van der Waals surface area contributed by atoms with Gasteiger partial charge in [0.25, 0.3) is 0 Å². The molecule has 0 amide bonds. The summed E-state index contributed by atoms with van der Waals surface area (Å²) in [6, 6.07) is 10.9. The fraction of sp³-hybridized carbons (Fsp3) is 0.200. The van der Waals surface area contributed by atoms with Crippen LogP contribution < -0.4 is 0 Å². The summed E-state index contributed by atoms with van der Waals surface area (Å²) in [6.07, 6.45) is 0.00699. The summed E-state index contributed by atoms with van der Waals surface area (Å²) < 4.78 is 27.9. The Morgan fingerprint density at radius 1 is 1.11 bits per heavy atom. The SMILES string of the molecule is CC(O)(Cc1ccccc1F)c1cccc(Br)c1F. The van der Waals surface area contributed by atoms with Crippen LogP contribution in [0.2, 0.25) is 0 Å². The number of hydrogen-bond acceptors (Lipinski definition) is 1. The number of aliphatic hydroxyl groups is 1. The molecule has 0 saturated carbocycles. The van der Waals surface area contributed by atoms with E-state index in [0.29, 0.717) is 5.56 Å². The molecule has 1 atom stereocenters. The van der Waals surface area contributed by atoms with Crippen LogP contribution in [0.1, 0.15) is 18.1 Å². The van der Waals surface area contributed by atoms with Crippen LogP contribution in [0.15, 0.2) is 46.9 Å². The van der Waals surface area contributed by atoms with Crippen molar-refractivity contribution in [2.24, 2.45) is 0 Å². The first-order valence-corrected chi connectivity index (χ1v) is 6.61. The maximum absolute atomic E-state index is 14.0. The Labute approximate surface area is 119 Å². The van der Waals surface area contributed by atoms with E-state index in [0.717, 1.165) is 0 Å². The molecule has 2 aromatic rings. The minimum Gasteiger partial charge on any atom is -0.385 e. The van der Waals surface area contributed by atoms with Crippen LogP contribution in [-0.2, 0) is 12.0 Å². The van der Waals surface area contributed by atoms with Crippen LogP contribution in [0.4, 0.5) is 8.78 Å². The Kier molecular flexibility index (Phi) is 4.02. The van der Waals surface area contributed by atoms with Crippen molar-refractivity contribution in [3.8, 4) is 0 Å². The standard InChI is InChI=1S/C15H13BrF2O/c1-15(19,9-10-5-2-3-8-13(10)17)11-6-4-7-12(16)14(11)18/h2-8,19H,9H2,1H3. The van der Waals surface area contributed by atoms with Crippen molar-refractivity contribution < 1.29 is 13.9 Å². The van der Waals surface area contributed by atoms with Gasteiger partial charge in [-0.25, -0.2) is 8.78 Å². The third-order valence-electron chi connectivity index (χ3n) is 3.02. The van der Waals surface area contributed by atoms with E-state index in [1.807, 2.05) is 0 Å². The molecule has 0 fully saturated rings. The molecule has 0 aliphatic heterocycles. The van der Waals surface area contributed by atoms with E-state index >= 15 is 0 Å². The van der Waals surface area contributed by atoms with Gasteiger partial charge in [0, 0.05) is 12.0 Å². The number of benzene rings is 2. The largest absolute Gasteiger partial charge is 0.385 e. The molecule has 0 aliphatic carbocycles. The highest BCUT2D eigenvalue weighted by atomic mass is 79.9. The molecular formula is C15H13BrF2O. The molecule has 0 aliphatic rings. The molecule has 0 heterocycles. The summed E-state index contributed by atoms with van der Waals surface area (Å²) in [7, 11) is 0. The lowest BCUT2D eigenvalue weighted by molar-refractivity contribution is 0.0527. The van der Waals surface area contributed by atoms with Gasteiger partial charge in [-0.3, -0.25) is 0 Å². The van der Waals surface area contributed by atoms with Crippen molar-refractivity contribution >= 4 is 15.9 Å². The van der Waals surface area contributed by atoms with Crippen LogP contribution in [0, 0.1) is 11.6 Å². The summed E-state index contributed by atoms with van der Waals surface area (Å²) in [4.78, 5) is 0. The van der Waals surface area contributed by atoms with Gasteiger partial charge >= 0.3 is 0 Å². The molecule has 19 heavy (non-hydrogen) atoms. The second-order valence-corrected chi connectivity index (χ2v) is 5.50. The van der Waals surface area contributed by atoms with E-state index < -0.39 is 17.2 Å². The predicted octanol–water partition coefficient (Wildman–Crippen LogP) is 4.18. The van der Waals surface area contributed by atoms with E-state index in [2.05, 4.69) is 15.9 Å². The van der Waals surface area contributed by atoms with E-state index in [1.165, 1.54) is 19.1 Å². The molecule has 0 aromatic heterocycles. The maximum atomic E-state index is 14.0. The minimum absolute atomic E-state index is 0.00699. The smallest absolute Gasteiger partial charge is 0.143 e. The van der Waals surface area contributed by atoms with Crippen LogP contribution in [0.3, 0.4) is 0 Å². The molecule has 0 bridgehead atoms. The van der Waals surface area contributed by atoms with E-state index in [1.54, 1.807) is 30.3 Å². The van der Waals surface area contributed by atoms with Gasteiger partial charge in [0.05, 0.1) is 10.1 Å². The van der Waals surface area contributed by atoms with Crippen LogP contribution in [-0.4, -0.2) is 5.11 Å². The third kappa shape index (κ3) is 3.01. The summed E-state index contributed by atoms with van der Waals surface area (Å²) in [6.45, 7) is 1.48. The maximum Gasteiger partial charge on any atom is 0.143 e. The van der Waals surface area contributed by atoms with Gasteiger partial charge in [0.2, 0.25) is 0 Å². The zero-order chi connectivity index (χ0) is 14.0. The van der Waals surface area contributed by atoms with Crippen molar-refractivity contribution in [2.45, 2.75) is 18.9 Å². The second kappa shape index (κ2) is 5.39. The lowest BCUT2D eigenvalue weighted by Gasteiger charge is -2.25. The molecule has 2 aromatic carbocycles. The van der Waals surface area contributed by atoms with Crippen LogP contribution in [0.5, 0.6) is 0 Å². The van der Waals surface area contributed by atoms with Gasteiger partial charge in [0.1, 0.15) is 11.6 Å². The molecule has 2 rings (SSSR count). The fourth-order valence-electron chi connectivity index (χ4n) is 2.03. The van der Waals surface area contributed by atoms with Gasteiger partial charge in [-0.1, -0.05) is 30.3 Å². The Morgan fingerprint density at radius 3 is 2.47 bits per heavy atom. The molecule has 4 heteroatoms. The Hall–Kier alpha value is -1.26. The van der Waals surface area contributed by atoms with E-state index in [4.69, 9.17) is 0 Å². The average molecular weight is 327 g/mol. The molecule has 0 spiro atoms. The second-order valence-electron chi connectivity index (χ2n) is 4.64. The first kappa shape index (κ1) is 14.2. The minimum atomic E-state index is -1.48. The average Bonchev–Trinajstić information content (AvgIpc) is 2.35. The molecular weight excluding hydrogens is 314 g/mol. The molecule has 100 valence electrons. The molecule has 1 unspecified atom stereocenters. The Balaban J connectivity index is 2.38. The predicted molar refractivity (Wildman–Crippen MR) is 73.8 cm³/mol. The third-order valence-corrected chi connectivity index (χ3v) is 3.64. The molecule has 1 nitrogen and oxygen atoms in total. The fourth-order valence-corrected chi connectivity index (χ4v) is 2.39. The molecule has 0 saturated heterocycles. The highest BCUT2D eigenvalue weighted by Crippen LogP contribution is 2.31. The van der Waals surface area contributed by atoms with Crippen molar-refractivity contribution in [1.82, 2.24) is 0 Å². The van der Waals surface area contributed by atoms with Crippen LogP contribution >= 0.6 is 15.9 Å². The zero-order valence-electron chi connectivity index (χ0n) is 10.3.